The summed E-state index contributed by atoms with van der Waals surface area (Å²) in [5.41, 5.74) is 3.21. The summed E-state index contributed by atoms with van der Waals surface area (Å²) in [4.78, 5) is 23.6. The van der Waals surface area contributed by atoms with Crippen molar-refractivity contribution in [3.8, 4) is 17.2 Å². The van der Waals surface area contributed by atoms with Gasteiger partial charge in [-0.3, -0.25) is 9.59 Å². The fourth-order valence-corrected chi connectivity index (χ4v) is 2.07. The van der Waals surface area contributed by atoms with Gasteiger partial charge < -0.3 is 19.5 Å². The third-order valence-electron chi connectivity index (χ3n) is 3.34. The number of carbonyl (C=O) groups excluding carboxylic acids is 2. The van der Waals surface area contributed by atoms with Crippen LogP contribution in [0.3, 0.4) is 0 Å². The lowest BCUT2D eigenvalue weighted by atomic mass is 10.2. The van der Waals surface area contributed by atoms with E-state index < -0.39 is 11.8 Å². The fourth-order valence-electron chi connectivity index (χ4n) is 2.07. The molecule has 8 heteroatoms. The second-order valence-corrected chi connectivity index (χ2v) is 4.97. The molecule has 8 nitrogen and oxygen atoms in total. The maximum atomic E-state index is 11.8. The average Bonchev–Trinajstić information content (AvgIpc) is 2.68. The van der Waals surface area contributed by atoms with Crippen LogP contribution in [0.15, 0.2) is 47.6 Å². The van der Waals surface area contributed by atoms with Crippen LogP contribution >= 0.6 is 0 Å². The highest BCUT2D eigenvalue weighted by atomic mass is 16.5. The molecule has 2 N–H and O–H groups in total. The molecule has 2 rings (SSSR count). The molecule has 2 amide bonds. The van der Waals surface area contributed by atoms with Crippen molar-refractivity contribution in [1.82, 2.24) is 5.43 Å². The predicted octanol–water partition coefficient (Wildman–Crippen LogP) is 1.80. The molecule has 0 fully saturated rings. The maximum Gasteiger partial charge on any atom is 0.329 e. The van der Waals surface area contributed by atoms with Crippen molar-refractivity contribution in [1.29, 1.82) is 0 Å². The molecule has 2 aromatic carbocycles. The molecule has 26 heavy (non-hydrogen) atoms. The van der Waals surface area contributed by atoms with Gasteiger partial charge in [0.25, 0.3) is 0 Å². The van der Waals surface area contributed by atoms with Crippen molar-refractivity contribution in [2.75, 3.05) is 26.6 Å². The summed E-state index contributed by atoms with van der Waals surface area (Å²) in [6, 6.07) is 11.9. The zero-order valence-electron chi connectivity index (χ0n) is 14.6. The maximum absolute atomic E-state index is 11.8. The summed E-state index contributed by atoms with van der Waals surface area (Å²) in [6.45, 7) is 0. The van der Waals surface area contributed by atoms with Crippen LogP contribution in [0.2, 0.25) is 0 Å². The summed E-state index contributed by atoms with van der Waals surface area (Å²) in [5.74, 6) is -0.290. The van der Waals surface area contributed by atoms with Gasteiger partial charge in [0.2, 0.25) is 0 Å². The molecule has 0 spiro atoms. The number of hydrazone groups is 1. The second-order valence-electron chi connectivity index (χ2n) is 4.97. The minimum Gasteiger partial charge on any atom is -0.496 e. The monoisotopic (exact) mass is 357 g/mol. The Hall–Kier alpha value is -3.55. The lowest BCUT2D eigenvalue weighted by Crippen LogP contribution is -2.32. The van der Waals surface area contributed by atoms with E-state index in [4.69, 9.17) is 14.2 Å². The number of anilines is 1. The molecule has 0 aliphatic rings. The van der Waals surface area contributed by atoms with Gasteiger partial charge in [0.1, 0.15) is 5.75 Å². The molecule has 0 heterocycles. The van der Waals surface area contributed by atoms with E-state index >= 15 is 0 Å². The van der Waals surface area contributed by atoms with Crippen LogP contribution in [-0.2, 0) is 9.59 Å². The smallest absolute Gasteiger partial charge is 0.329 e. The molecule has 0 aromatic heterocycles. The molecule has 0 saturated carbocycles. The fraction of sp³-hybridized carbons (Fsp3) is 0.167. The van der Waals surface area contributed by atoms with E-state index in [1.165, 1.54) is 27.5 Å². The average molecular weight is 357 g/mol. The van der Waals surface area contributed by atoms with Crippen molar-refractivity contribution in [3.63, 3.8) is 0 Å². The Morgan fingerprint density at radius 1 is 0.885 bits per heavy atom. The first kappa shape index (κ1) is 18.8. The van der Waals surface area contributed by atoms with Crippen LogP contribution in [-0.4, -0.2) is 39.4 Å². The van der Waals surface area contributed by atoms with Gasteiger partial charge in [-0.05, 0) is 18.2 Å². The highest BCUT2D eigenvalue weighted by Crippen LogP contribution is 2.33. The van der Waals surface area contributed by atoms with E-state index in [1.54, 1.807) is 42.5 Å². The third kappa shape index (κ3) is 4.73. The van der Waals surface area contributed by atoms with Gasteiger partial charge in [-0.2, -0.15) is 5.10 Å². The van der Waals surface area contributed by atoms with Crippen LogP contribution in [0.5, 0.6) is 17.2 Å². The van der Waals surface area contributed by atoms with Gasteiger partial charge in [-0.25, -0.2) is 5.43 Å². The number of amides is 2. The number of carbonyl (C=O) groups is 2. The van der Waals surface area contributed by atoms with Crippen LogP contribution in [0, 0.1) is 0 Å². The van der Waals surface area contributed by atoms with E-state index in [0.717, 1.165) is 0 Å². The Morgan fingerprint density at radius 3 is 2.12 bits per heavy atom. The highest BCUT2D eigenvalue weighted by molar-refractivity contribution is 6.39. The van der Waals surface area contributed by atoms with Crippen molar-refractivity contribution in [2.24, 2.45) is 5.10 Å². The third-order valence-corrected chi connectivity index (χ3v) is 3.34. The van der Waals surface area contributed by atoms with Crippen molar-refractivity contribution < 1.29 is 23.8 Å². The van der Waals surface area contributed by atoms with E-state index in [-0.39, 0.29) is 0 Å². The SMILES string of the molecule is COc1cc(OC)c(OC)cc1/C=N\NC(=O)C(=O)Nc1ccccc1. The first-order valence-electron chi connectivity index (χ1n) is 7.58. The number of methoxy groups -OCH3 is 3. The summed E-state index contributed by atoms with van der Waals surface area (Å²) in [7, 11) is 4.50. The van der Waals surface area contributed by atoms with Crippen LogP contribution in [0.4, 0.5) is 5.69 Å². The van der Waals surface area contributed by atoms with Gasteiger partial charge >= 0.3 is 11.8 Å². The molecule has 0 aliphatic heterocycles. The topological polar surface area (TPSA) is 98.2 Å². The number of nitrogens with zero attached hydrogens (tertiary/aromatic N) is 1. The molecule has 0 aliphatic carbocycles. The van der Waals surface area contributed by atoms with Crippen molar-refractivity contribution in [3.05, 3.63) is 48.0 Å². The number of para-hydroxylation sites is 1. The van der Waals surface area contributed by atoms with Crippen molar-refractivity contribution >= 4 is 23.7 Å². The summed E-state index contributed by atoms with van der Waals surface area (Å²) >= 11 is 0. The Kier molecular flexibility index (Phi) is 6.55. The molecule has 0 atom stereocenters. The lowest BCUT2D eigenvalue weighted by Gasteiger charge is -2.11. The van der Waals surface area contributed by atoms with Gasteiger partial charge in [-0.15, -0.1) is 0 Å². The number of hydrogen-bond acceptors (Lipinski definition) is 6. The van der Waals surface area contributed by atoms with E-state index in [2.05, 4.69) is 15.8 Å². The summed E-state index contributed by atoms with van der Waals surface area (Å²) in [6.07, 6.45) is 1.34. The Morgan fingerprint density at radius 2 is 1.50 bits per heavy atom. The van der Waals surface area contributed by atoms with Gasteiger partial charge in [0.05, 0.1) is 27.5 Å². The second kappa shape index (κ2) is 9.07. The Bertz CT molecular complexity index is 806. The minimum absolute atomic E-state index is 0.467. The first-order valence-corrected chi connectivity index (χ1v) is 7.58. The zero-order valence-corrected chi connectivity index (χ0v) is 14.6. The number of benzene rings is 2. The molecular weight excluding hydrogens is 338 g/mol. The van der Waals surface area contributed by atoms with E-state index in [0.29, 0.717) is 28.5 Å². The van der Waals surface area contributed by atoms with Crippen LogP contribution in [0.25, 0.3) is 0 Å². The van der Waals surface area contributed by atoms with E-state index in [1.807, 2.05) is 0 Å². The van der Waals surface area contributed by atoms with E-state index in [9.17, 15) is 9.59 Å². The quantitative estimate of drug-likeness (QED) is 0.467. The summed E-state index contributed by atoms with van der Waals surface area (Å²) in [5, 5.41) is 6.24. The van der Waals surface area contributed by atoms with Crippen LogP contribution in [0.1, 0.15) is 5.56 Å². The molecule has 0 bridgehead atoms. The summed E-state index contributed by atoms with van der Waals surface area (Å²) < 4.78 is 15.7. The Labute approximate surface area is 150 Å². The molecule has 136 valence electrons. The van der Waals surface area contributed by atoms with Gasteiger partial charge in [0, 0.05) is 17.3 Å². The largest absolute Gasteiger partial charge is 0.496 e. The predicted molar refractivity (Wildman–Crippen MR) is 96.9 cm³/mol. The normalized spacial score (nSPS) is 10.3. The first-order chi connectivity index (χ1) is 12.6. The van der Waals surface area contributed by atoms with Gasteiger partial charge in [0.15, 0.2) is 11.5 Å². The molecule has 2 aromatic rings. The Balaban J connectivity index is 2.05. The van der Waals surface area contributed by atoms with Crippen molar-refractivity contribution in [2.45, 2.75) is 0 Å². The zero-order chi connectivity index (χ0) is 18.9. The highest BCUT2D eigenvalue weighted by Gasteiger charge is 2.13. The number of hydrogen-bond donors (Lipinski definition) is 2. The minimum atomic E-state index is -0.899. The van der Waals surface area contributed by atoms with Gasteiger partial charge in [-0.1, -0.05) is 18.2 Å². The number of ether oxygens (including phenoxy) is 3. The van der Waals surface area contributed by atoms with Crippen LogP contribution < -0.4 is 25.0 Å². The molecule has 0 unspecified atom stereocenters. The molecular formula is C18H19N3O5. The molecule has 0 radical (unpaired) electrons. The lowest BCUT2D eigenvalue weighted by molar-refractivity contribution is -0.136. The number of rotatable bonds is 6. The standard InChI is InChI=1S/C18H19N3O5/c1-24-14-10-16(26-3)15(25-2)9-12(14)11-19-21-18(23)17(22)20-13-7-5-4-6-8-13/h4-11H,1-3H3,(H,20,22)(H,21,23)/b19-11-. The number of nitrogens with one attached hydrogen (secondary N) is 2. The molecule has 0 saturated heterocycles.